The molecule has 1 amide bonds. The molecule has 3 rings (SSSR count). The van der Waals surface area contributed by atoms with Crippen molar-refractivity contribution in [1.29, 1.82) is 0 Å². The number of aromatic nitrogens is 1. The van der Waals surface area contributed by atoms with E-state index in [1.165, 1.54) is 23.8 Å². The molecular formula is C20H24FN3O2S. The number of likely N-dealkylation sites (tertiary alicyclic amines) is 1. The maximum atomic E-state index is 12.1. The fourth-order valence-corrected chi connectivity index (χ4v) is 3.91. The van der Waals surface area contributed by atoms with Gasteiger partial charge in [0.25, 0.3) is 0 Å². The summed E-state index contributed by atoms with van der Waals surface area (Å²) in [5.41, 5.74) is 2.58. The van der Waals surface area contributed by atoms with Crippen molar-refractivity contribution < 1.29 is 13.9 Å². The van der Waals surface area contributed by atoms with Gasteiger partial charge >= 0.3 is 0 Å². The van der Waals surface area contributed by atoms with Crippen LogP contribution in [0.15, 0.2) is 36.0 Å². The van der Waals surface area contributed by atoms with Crippen LogP contribution in [0.2, 0.25) is 0 Å². The minimum Gasteiger partial charge on any atom is -0.491 e. The van der Waals surface area contributed by atoms with E-state index in [-0.39, 0.29) is 12.5 Å². The molecule has 7 heteroatoms. The van der Waals surface area contributed by atoms with Gasteiger partial charge in [0, 0.05) is 37.6 Å². The normalized spacial score (nSPS) is 14.8. The van der Waals surface area contributed by atoms with Gasteiger partial charge in [-0.15, -0.1) is 11.3 Å². The highest BCUT2D eigenvalue weighted by atomic mass is 32.1. The van der Waals surface area contributed by atoms with Gasteiger partial charge in [0.2, 0.25) is 5.91 Å². The van der Waals surface area contributed by atoms with Gasteiger partial charge in [-0.05, 0) is 30.5 Å². The number of carbonyl (C=O) groups is 1. The molecule has 1 aliphatic rings. The highest BCUT2D eigenvalue weighted by Gasteiger charge is 2.15. The molecule has 27 heavy (non-hydrogen) atoms. The number of hydrogen-bond donors (Lipinski definition) is 1. The molecule has 0 saturated carbocycles. The van der Waals surface area contributed by atoms with Crippen molar-refractivity contribution in [2.75, 3.05) is 31.7 Å². The summed E-state index contributed by atoms with van der Waals surface area (Å²) in [7, 11) is 0. The van der Waals surface area contributed by atoms with Crippen LogP contribution >= 0.6 is 11.3 Å². The first-order valence-corrected chi connectivity index (χ1v) is 9.87. The highest BCUT2D eigenvalue weighted by molar-refractivity contribution is 7.15. The number of piperidine rings is 1. The predicted octanol–water partition coefficient (Wildman–Crippen LogP) is 4.13. The summed E-state index contributed by atoms with van der Waals surface area (Å²) in [4.78, 5) is 18.9. The standard InChI is InChI=1S/C20H24FN3O2S/c1-15(25)23-20-22-13-19(27-20)14-24-9-6-17(7-10-24)12-16-2-4-18(5-3-16)26-11-8-21/h2-5,12-13H,6-11,14H2,1H3,(H,22,23,25). The molecule has 2 aromatic rings. The Hall–Kier alpha value is -2.25. The van der Waals surface area contributed by atoms with Gasteiger partial charge in [0.1, 0.15) is 19.0 Å². The van der Waals surface area contributed by atoms with Gasteiger partial charge in [-0.2, -0.15) is 0 Å². The molecule has 1 aromatic heterocycles. The molecule has 0 bridgehead atoms. The fourth-order valence-electron chi connectivity index (χ4n) is 3.00. The molecule has 0 aliphatic carbocycles. The Balaban J connectivity index is 1.48. The Labute approximate surface area is 162 Å². The van der Waals surface area contributed by atoms with Crippen LogP contribution in [0.3, 0.4) is 0 Å². The van der Waals surface area contributed by atoms with E-state index in [1.807, 2.05) is 30.5 Å². The number of ether oxygens (including phenoxy) is 1. The molecule has 1 N–H and O–H groups in total. The van der Waals surface area contributed by atoms with Gasteiger partial charge in [-0.1, -0.05) is 23.8 Å². The van der Waals surface area contributed by atoms with Gasteiger partial charge in [-0.25, -0.2) is 9.37 Å². The van der Waals surface area contributed by atoms with Crippen LogP contribution in [0.5, 0.6) is 5.75 Å². The second kappa shape index (κ2) is 9.62. The van der Waals surface area contributed by atoms with Crippen LogP contribution in [-0.4, -0.2) is 42.2 Å². The lowest BCUT2D eigenvalue weighted by Crippen LogP contribution is -2.29. The Morgan fingerprint density at radius 1 is 1.33 bits per heavy atom. The number of alkyl halides is 1. The number of nitrogens with zero attached hydrogens (tertiary/aromatic N) is 2. The largest absolute Gasteiger partial charge is 0.491 e. The maximum absolute atomic E-state index is 12.1. The Bertz CT molecular complexity index is 779. The van der Waals surface area contributed by atoms with E-state index in [0.29, 0.717) is 10.9 Å². The minimum absolute atomic E-state index is 0.0920. The number of benzene rings is 1. The molecule has 0 unspecified atom stereocenters. The smallest absolute Gasteiger partial charge is 0.223 e. The van der Waals surface area contributed by atoms with Crippen molar-refractivity contribution in [3.8, 4) is 5.75 Å². The summed E-state index contributed by atoms with van der Waals surface area (Å²) in [5, 5.41) is 3.39. The van der Waals surface area contributed by atoms with Gasteiger partial charge in [-0.3, -0.25) is 9.69 Å². The summed E-state index contributed by atoms with van der Waals surface area (Å²) in [5.74, 6) is 0.610. The topological polar surface area (TPSA) is 54.5 Å². The van der Waals surface area contributed by atoms with Gasteiger partial charge in [0.05, 0.1) is 0 Å². The van der Waals surface area contributed by atoms with Crippen molar-refractivity contribution in [2.45, 2.75) is 26.3 Å². The molecule has 1 saturated heterocycles. The zero-order valence-corrected chi connectivity index (χ0v) is 16.2. The summed E-state index contributed by atoms with van der Waals surface area (Å²) in [6.45, 7) is 4.00. The number of rotatable bonds is 7. The predicted molar refractivity (Wildman–Crippen MR) is 107 cm³/mol. The van der Waals surface area contributed by atoms with Crippen LogP contribution in [0.25, 0.3) is 6.08 Å². The van der Waals surface area contributed by atoms with Crippen LogP contribution in [0.1, 0.15) is 30.2 Å². The molecule has 0 spiro atoms. The lowest BCUT2D eigenvalue weighted by atomic mass is 10.0. The van der Waals surface area contributed by atoms with Crippen molar-refractivity contribution in [3.05, 3.63) is 46.5 Å². The van der Waals surface area contributed by atoms with E-state index < -0.39 is 6.67 Å². The van der Waals surface area contributed by atoms with Crippen molar-refractivity contribution in [1.82, 2.24) is 9.88 Å². The van der Waals surface area contributed by atoms with Crippen molar-refractivity contribution >= 4 is 28.5 Å². The first-order chi connectivity index (χ1) is 13.1. The summed E-state index contributed by atoms with van der Waals surface area (Å²) < 4.78 is 17.4. The highest BCUT2D eigenvalue weighted by Crippen LogP contribution is 2.24. The van der Waals surface area contributed by atoms with Crippen molar-refractivity contribution in [3.63, 3.8) is 0 Å². The molecule has 1 aliphatic heterocycles. The number of anilines is 1. The van der Waals surface area contributed by atoms with E-state index in [1.54, 1.807) is 0 Å². The zero-order valence-electron chi connectivity index (χ0n) is 15.4. The Morgan fingerprint density at radius 2 is 2.07 bits per heavy atom. The van der Waals surface area contributed by atoms with Crippen molar-refractivity contribution in [2.24, 2.45) is 0 Å². The van der Waals surface area contributed by atoms with E-state index >= 15 is 0 Å². The number of nitrogens with one attached hydrogen (secondary N) is 1. The number of halogens is 1. The number of amides is 1. The number of thiazole rings is 1. The Morgan fingerprint density at radius 3 is 2.74 bits per heavy atom. The first kappa shape index (κ1) is 19.5. The van der Waals surface area contributed by atoms with E-state index in [9.17, 15) is 9.18 Å². The third-order valence-corrected chi connectivity index (χ3v) is 5.21. The maximum Gasteiger partial charge on any atom is 0.223 e. The van der Waals surface area contributed by atoms with E-state index in [4.69, 9.17) is 4.74 Å². The van der Waals surface area contributed by atoms with Gasteiger partial charge in [0.15, 0.2) is 5.13 Å². The molecule has 1 aromatic carbocycles. The van der Waals surface area contributed by atoms with Crippen LogP contribution in [0, 0.1) is 0 Å². The van der Waals surface area contributed by atoms with Gasteiger partial charge < -0.3 is 10.1 Å². The minimum atomic E-state index is -0.474. The van der Waals surface area contributed by atoms with E-state index in [2.05, 4.69) is 21.3 Å². The SMILES string of the molecule is CC(=O)Nc1ncc(CN2CCC(=Cc3ccc(OCCF)cc3)CC2)s1. The number of carbonyl (C=O) groups excluding carboxylic acids is 1. The summed E-state index contributed by atoms with van der Waals surface area (Å²) in [6.07, 6.45) is 6.15. The summed E-state index contributed by atoms with van der Waals surface area (Å²) in [6, 6.07) is 7.78. The molecule has 0 atom stereocenters. The average molecular weight is 389 g/mol. The average Bonchev–Trinajstić information content (AvgIpc) is 3.09. The van der Waals surface area contributed by atoms with E-state index in [0.717, 1.165) is 42.9 Å². The third-order valence-electron chi connectivity index (χ3n) is 4.31. The number of hydrogen-bond acceptors (Lipinski definition) is 5. The van der Waals surface area contributed by atoms with Crippen LogP contribution in [-0.2, 0) is 11.3 Å². The second-order valence-corrected chi connectivity index (χ2v) is 7.61. The van der Waals surface area contributed by atoms with Crippen LogP contribution < -0.4 is 10.1 Å². The first-order valence-electron chi connectivity index (χ1n) is 9.05. The fraction of sp³-hybridized carbons (Fsp3) is 0.400. The zero-order chi connectivity index (χ0) is 19.1. The molecule has 1 fully saturated rings. The monoisotopic (exact) mass is 389 g/mol. The second-order valence-electron chi connectivity index (χ2n) is 6.50. The molecular weight excluding hydrogens is 365 g/mol. The molecule has 144 valence electrons. The Kier molecular flexibility index (Phi) is 6.95. The molecule has 5 nitrogen and oxygen atoms in total. The lowest BCUT2D eigenvalue weighted by molar-refractivity contribution is -0.114. The molecule has 2 heterocycles. The summed E-state index contributed by atoms with van der Waals surface area (Å²) >= 11 is 1.53. The quantitative estimate of drug-likeness (QED) is 0.774. The lowest BCUT2D eigenvalue weighted by Gasteiger charge is -2.27. The van der Waals surface area contributed by atoms with Crippen LogP contribution in [0.4, 0.5) is 9.52 Å². The molecule has 0 radical (unpaired) electrons. The third kappa shape index (κ3) is 6.15.